The third-order valence-corrected chi connectivity index (χ3v) is 7.28. The Balaban J connectivity index is 1.53. The van der Waals surface area contributed by atoms with E-state index in [1.165, 1.54) is 22.3 Å². The molecule has 0 saturated carbocycles. The lowest BCUT2D eigenvalue weighted by Gasteiger charge is -2.16. The first-order valence-electron chi connectivity index (χ1n) is 9.82. The number of hydrogen-bond acceptors (Lipinski definition) is 5. The first kappa shape index (κ1) is 18.8. The Hall–Kier alpha value is -2.19. The second kappa shape index (κ2) is 7.57. The monoisotopic (exact) mass is 428 g/mol. The van der Waals surface area contributed by atoms with Gasteiger partial charge in [0.25, 0.3) is 0 Å². The summed E-state index contributed by atoms with van der Waals surface area (Å²) >= 11 is -0.0361. The van der Waals surface area contributed by atoms with Crippen molar-refractivity contribution in [1.82, 2.24) is 14.2 Å². The van der Waals surface area contributed by atoms with Gasteiger partial charge in [-0.2, -0.15) is 4.98 Å². The number of aromatic nitrogens is 3. The number of aryl methyl sites for hydroxylation is 3. The maximum absolute atomic E-state index is 13.6. The first-order valence-corrected chi connectivity index (χ1v) is 11.6. The van der Waals surface area contributed by atoms with Crippen molar-refractivity contribution in [3.8, 4) is 0 Å². The van der Waals surface area contributed by atoms with Crippen LogP contribution in [0.3, 0.4) is 0 Å². The second-order valence-electron chi connectivity index (χ2n) is 7.60. The zero-order chi connectivity index (χ0) is 20.0. The molecule has 8 heteroatoms. The van der Waals surface area contributed by atoms with Crippen molar-refractivity contribution >= 4 is 34.8 Å². The Kier molecular flexibility index (Phi) is 4.91. The third kappa shape index (κ3) is 3.38. The van der Waals surface area contributed by atoms with Gasteiger partial charge in [0, 0.05) is 10.6 Å². The molecule has 1 unspecified atom stereocenters. The fourth-order valence-electron chi connectivity index (χ4n) is 4.40. The largest absolute Gasteiger partial charge is 0.323 e. The summed E-state index contributed by atoms with van der Waals surface area (Å²) in [5.41, 5.74) is 7.45. The van der Waals surface area contributed by atoms with E-state index in [4.69, 9.17) is 0 Å². The molecule has 2 aliphatic carbocycles. The van der Waals surface area contributed by atoms with Gasteiger partial charge in [0.2, 0.25) is 11.1 Å². The second-order valence-corrected chi connectivity index (χ2v) is 9.46. The average Bonchev–Trinajstić information content (AvgIpc) is 3.46. The van der Waals surface area contributed by atoms with Crippen LogP contribution in [0.4, 0.5) is 15.5 Å². The molecule has 0 spiro atoms. The lowest BCUT2D eigenvalue weighted by atomic mass is 9.99. The number of halogens is 1. The summed E-state index contributed by atoms with van der Waals surface area (Å²) in [6.45, 7) is 1.94. The van der Waals surface area contributed by atoms with Gasteiger partial charge in [0.1, 0.15) is 10.8 Å². The molecule has 0 fully saturated rings. The summed E-state index contributed by atoms with van der Waals surface area (Å²) < 4.78 is 27.6. The lowest BCUT2D eigenvalue weighted by molar-refractivity contribution is 0.675. The van der Waals surface area contributed by atoms with Gasteiger partial charge in [-0.1, -0.05) is 18.2 Å². The Morgan fingerprint density at radius 2 is 1.83 bits per heavy atom. The van der Waals surface area contributed by atoms with Crippen molar-refractivity contribution in [2.75, 3.05) is 5.32 Å². The van der Waals surface area contributed by atoms with Crippen LogP contribution in [-0.4, -0.2) is 18.4 Å². The minimum Gasteiger partial charge on any atom is -0.323 e. The van der Waals surface area contributed by atoms with E-state index in [0.717, 1.165) is 53.9 Å². The number of anilines is 2. The topological polar surface area (TPSA) is 59.8 Å². The van der Waals surface area contributed by atoms with Gasteiger partial charge < -0.3 is 5.32 Å². The van der Waals surface area contributed by atoms with Crippen LogP contribution in [0.15, 0.2) is 40.4 Å². The summed E-state index contributed by atoms with van der Waals surface area (Å²) in [4.78, 5) is 5.02. The van der Waals surface area contributed by atoms with Crippen LogP contribution < -0.4 is 5.32 Å². The van der Waals surface area contributed by atoms with E-state index in [1.54, 1.807) is 6.07 Å². The molecular weight excluding hydrogens is 407 g/mol. The van der Waals surface area contributed by atoms with Gasteiger partial charge in [-0.25, -0.2) is 4.21 Å². The van der Waals surface area contributed by atoms with Gasteiger partial charge >= 0.3 is 0 Å². The van der Waals surface area contributed by atoms with Gasteiger partial charge in [-0.05, 0) is 85.4 Å². The molecule has 0 amide bonds. The molecule has 1 N–H and O–H groups in total. The van der Waals surface area contributed by atoms with E-state index in [0.29, 0.717) is 4.90 Å². The summed E-state index contributed by atoms with van der Waals surface area (Å²) in [5.74, 6) is 0.280. The van der Waals surface area contributed by atoms with Crippen molar-refractivity contribution in [3.05, 3.63) is 58.1 Å². The van der Waals surface area contributed by atoms with Crippen molar-refractivity contribution in [3.63, 3.8) is 0 Å². The van der Waals surface area contributed by atoms with Crippen LogP contribution in [0.25, 0.3) is 0 Å². The predicted octanol–water partition coefficient (Wildman–Crippen LogP) is 4.86. The van der Waals surface area contributed by atoms with E-state index in [1.807, 2.05) is 25.1 Å². The first-order chi connectivity index (χ1) is 14.1. The Labute approximate surface area is 176 Å². The van der Waals surface area contributed by atoms with Gasteiger partial charge in [-0.3, -0.25) is 0 Å². The Morgan fingerprint density at radius 1 is 1.10 bits per heavy atom. The predicted molar refractivity (Wildman–Crippen MR) is 114 cm³/mol. The highest BCUT2D eigenvalue weighted by Gasteiger charge is 2.26. The Morgan fingerprint density at radius 3 is 2.48 bits per heavy atom. The number of nitrogens with one attached hydrogen (secondary N) is 1. The van der Waals surface area contributed by atoms with Gasteiger partial charge in [-0.15, -0.1) is 13.1 Å². The van der Waals surface area contributed by atoms with Crippen LogP contribution in [0.2, 0.25) is 0 Å². The number of hydrogen-bond donors (Lipinski definition) is 1. The molecule has 1 heterocycles. The van der Waals surface area contributed by atoms with Crippen molar-refractivity contribution < 1.29 is 8.09 Å². The zero-order valence-corrected chi connectivity index (χ0v) is 17.7. The number of nitrogens with zero attached hydrogens (tertiary/aromatic N) is 3. The number of fused-ring (bicyclic) bond motifs is 2. The van der Waals surface area contributed by atoms with E-state index in [9.17, 15) is 8.09 Å². The highest BCUT2D eigenvalue weighted by atomic mass is 32.2. The summed E-state index contributed by atoms with van der Waals surface area (Å²) in [5, 5.41) is 7.61. The van der Waals surface area contributed by atoms with Crippen LogP contribution in [0.5, 0.6) is 0 Å². The smallest absolute Gasteiger partial charge is 0.246 e. The minimum absolute atomic E-state index is 0.0361. The number of rotatable bonds is 5. The normalized spacial score (nSPS) is 15.9. The molecule has 29 heavy (non-hydrogen) atoms. The molecule has 0 saturated heterocycles. The molecule has 3 aromatic rings. The van der Waals surface area contributed by atoms with Crippen LogP contribution in [0, 0.1) is 6.92 Å². The molecule has 0 radical (unpaired) electrons. The lowest BCUT2D eigenvalue weighted by Crippen LogP contribution is -2.05. The summed E-state index contributed by atoms with van der Waals surface area (Å²) in [6, 6.07) is 9.75. The Bertz CT molecular complexity index is 1100. The summed E-state index contributed by atoms with van der Waals surface area (Å²) in [6.07, 6.45) is 6.49. The molecular formula is C21H21FN4OS2. The van der Waals surface area contributed by atoms with Crippen LogP contribution in [0.1, 0.15) is 40.7 Å². The van der Waals surface area contributed by atoms with Crippen LogP contribution in [-0.2, 0) is 36.5 Å². The van der Waals surface area contributed by atoms with Crippen molar-refractivity contribution in [1.29, 1.82) is 0 Å². The third-order valence-electron chi connectivity index (χ3n) is 5.70. The van der Waals surface area contributed by atoms with E-state index >= 15 is 0 Å². The molecule has 0 bridgehead atoms. The quantitative estimate of drug-likeness (QED) is 0.629. The molecule has 5 nitrogen and oxygen atoms in total. The van der Waals surface area contributed by atoms with Crippen molar-refractivity contribution in [2.45, 2.75) is 55.5 Å². The van der Waals surface area contributed by atoms with E-state index < -0.39 is 10.8 Å². The highest BCUT2D eigenvalue weighted by Crippen LogP contribution is 2.40. The molecule has 1 atom stereocenters. The highest BCUT2D eigenvalue weighted by molar-refractivity contribution is 7.92. The average molecular weight is 429 g/mol. The van der Waals surface area contributed by atoms with Gasteiger partial charge in [0.15, 0.2) is 12.3 Å². The molecule has 5 rings (SSSR count). The molecule has 2 aromatic carbocycles. The molecule has 150 valence electrons. The minimum atomic E-state index is -1.57. The maximum atomic E-state index is 13.6. The standard InChI is InChI=1S/C21H21FN4OS2/c1-13-5-2-8-16(11-13)29(27)21-24-20(26(25-21)28-22)23-19-17-9-3-6-14(17)12-15-7-4-10-18(15)19/h2,5,8,11-12H,3-4,6-7,9-10H2,1H3,(H,23,24,25). The van der Waals surface area contributed by atoms with Crippen molar-refractivity contribution in [2.24, 2.45) is 0 Å². The fourth-order valence-corrected chi connectivity index (χ4v) is 5.74. The molecule has 0 aliphatic heterocycles. The molecule has 1 aromatic heterocycles. The maximum Gasteiger partial charge on any atom is 0.246 e. The van der Waals surface area contributed by atoms with E-state index in [2.05, 4.69) is 21.5 Å². The number of benzene rings is 2. The van der Waals surface area contributed by atoms with Gasteiger partial charge in [0.05, 0.1) is 0 Å². The summed E-state index contributed by atoms with van der Waals surface area (Å²) in [7, 11) is -1.57. The SMILES string of the molecule is Cc1cccc(S(=O)c2nc(Nc3c4c(cc5c3CCC5)CCC4)n(SF)n2)c1. The fraction of sp³-hybridized carbons (Fsp3) is 0.333. The zero-order valence-electron chi connectivity index (χ0n) is 16.1. The van der Waals surface area contributed by atoms with E-state index in [-0.39, 0.29) is 23.4 Å². The molecule has 2 aliphatic rings. The van der Waals surface area contributed by atoms with Crippen LogP contribution >= 0.6 is 12.3 Å².